The number of hydrogen-bond acceptors (Lipinski definition) is 5. The van der Waals surface area contributed by atoms with E-state index in [2.05, 4.69) is 9.73 Å². The Kier molecular flexibility index (Phi) is 3.32. The number of carbonyl (C=O) groups excluding carboxylic acids is 1. The maximum absolute atomic E-state index is 12.1. The molecule has 0 spiro atoms. The van der Waals surface area contributed by atoms with Crippen molar-refractivity contribution in [2.24, 2.45) is 4.99 Å². The van der Waals surface area contributed by atoms with Crippen LogP contribution in [0, 0.1) is 0 Å². The summed E-state index contributed by atoms with van der Waals surface area (Å²) in [5.41, 5.74) is 0.331. The molecule has 8 heteroatoms. The number of aliphatic imine (C=N–C) groups is 1. The third-order valence-corrected chi connectivity index (χ3v) is 2.20. The molecule has 1 aliphatic rings. The topological polar surface area (TPSA) is 57.1 Å². The average Bonchev–Trinajstić information content (AvgIpc) is 2.74. The molecule has 0 bridgehead atoms. The summed E-state index contributed by atoms with van der Waals surface area (Å²) in [4.78, 5) is 14.7. The summed E-state index contributed by atoms with van der Waals surface area (Å²) in [5, 5.41) is 0. The van der Waals surface area contributed by atoms with E-state index in [1.165, 1.54) is 19.2 Å². The number of rotatable bonds is 3. The fourth-order valence-corrected chi connectivity index (χ4v) is 1.47. The van der Waals surface area contributed by atoms with Crippen LogP contribution in [0.1, 0.15) is 5.56 Å². The van der Waals surface area contributed by atoms with Crippen LogP contribution in [0.3, 0.4) is 0 Å². The van der Waals surface area contributed by atoms with Crippen molar-refractivity contribution in [2.75, 3.05) is 13.7 Å². The maximum Gasteiger partial charge on any atom is 0.573 e. The average molecular weight is 275 g/mol. The zero-order chi connectivity index (χ0) is 14.0. The fourth-order valence-electron chi connectivity index (χ4n) is 1.47. The highest BCUT2D eigenvalue weighted by atomic mass is 19.4. The highest BCUT2D eigenvalue weighted by Gasteiger charge is 2.32. The summed E-state index contributed by atoms with van der Waals surface area (Å²) in [6.07, 6.45) is -4.81. The van der Waals surface area contributed by atoms with E-state index >= 15 is 0 Å². The van der Waals surface area contributed by atoms with Crippen molar-refractivity contribution < 1.29 is 32.2 Å². The van der Waals surface area contributed by atoms with Gasteiger partial charge in [0.2, 0.25) is 5.90 Å². The third-order valence-electron chi connectivity index (χ3n) is 2.20. The summed E-state index contributed by atoms with van der Waals surface area (Å²) in [6, 6.07) is 3.61. The second-order valence-corrected chi connectivity index (χ2v) is 3.51. The van der Waals surface area contributed by atoms with Gasteiger partial charge in [0.25, 0.3) is 0 Å². The normalized spacial score (nSPS) is 14.9. The van der Waals surface area contributed by atoms with E-state index in [4.69, 9.17) is 9.47 Å². The molecule has 2 rings (SSSR count). The van der Waals surface area contributed by atoms with Gasteiger partial charge in [-0.1, -0.05) is 0 Å². The monoisotopic (exact) mass is 275 g/mol. The molecule has 5 nitrogen and oxygen atoms in total. The molecule has 0 saturated heterocycles. The summed E-state index contributed by atoms with van der Waals surface area (Å²) < 4.78 is 49.8. The van der Waals surface area contributed by atoms with E-state index in [1.807, 2.05) is 0 Å². The van der Waals surface area contributed by atoms with Crippen LogP contribution < -0.4 is 9.47 Å². The first-order valence-electron chi connectivity index (χ1n) is 5.08. The lowest BCUT2D eigenvalue weighted by molar-refractivity contribution is -0.275. The van der Waals surface area contributed by atoms with Gasteiger partial charge in [0, 0.05) is 5.56 Å². The SMILES string of the molecule is COc1cc(C2=NCC(=O)O2)ccc1OC(F)(F)F. The van der Waals surface area contributed by atoms with Crippen LogP contribution in [-0.2, 0) is 9.53 Å². The minimum atomic E-state index is -4.81. The number of esters is 1. The number of hydrogen-bond donors (Lipinski definition) is 0. The Bertz CT molecular complexity index is 539. The molecule has 1 aromatic carbocycles. The molecule has 0 unspecified atom stereocenters. The van der Waals surface area contributed by atoms with Crippen LogP contribution in [0.5, 0.6) is 11.5 Å². The molecule has 1 aromatic rings. The van der Waals surface area contributed by atoms with E-state index < -0.39 is 18.1 Å². The molecule has 19 heavy (non-hydrogen) atoms. The first-order chi connectivity index (χ1) is 8.89. The molecular weight excluding hydrogens is 267 g/mol. The number of benzene rings is 1. The number of nitrogens with zero attached hydrogens (tertiary/aromatic N) is 1. The van der Waals surface area contributed by atoms with Gasteiger partial charge in [-0.25, -0.2) is 9.79 Å². The number of methoxy groups -OCH3 is 1. The Morgan fingerprint density at radius 1 is 1.32 bits per heavy atom. The van der Waals surface area contributed by atoms with E-state index in [9.17, 15) is 18.0 Å². The lowest BCUT2D eigenvalue weighted by atomic mass is 10.2. The van der Waals surface area contributed by atoms with E-state index in [0.717, 1.165) is 6.07 Å². The molecule has 1 aliphatic heterocycles. The van der Waals surface area contributed by atoms with Crippen molar-refractivity contribution in [1.82, 2.24) is 0 Å². The number of alkyl halides is 3. The Balaban J connectivity index is 2.28. The standard InChI is InChI=1S/C11H8F3NO4/c1-17-8-4-6(10-15-5-9(16)18-10)2-3-7(8)19-11(12,13)14/h2-4H,5H2,1H3. The number of cyclic esters (lactones) is 1. The maximum atomic E-state index is 12.1. The van der Waals surface area contributed by atoms with E-state index in [1.54, 1.807) is 0 Å². The van der Waals surface area contributed by atoms with Gasteiger partial charge in [-0.05, 0) is 18.2 Å². The fraction of sp³-hybridized carbons (Fsp3) is 0.273. The minimum Gasteiger partial charge on any atom is -0.493 e. The van der Waals surface area contributed by atoms with Gasteiger partial charge in [-0.3, -0.25) is 0 Å². The molecule has 0 amide bonds. The highest BCUT2D eigenvalue weighted by Crippen LogP contribution is 2.33. The smallest absolute Gasteiger partial charge is 0.493 e. The van der Waals surface area contributed by atoms with Crippen molar-refractivity contribution in [1.29, 1.82) is 0 Å². The van der Waals surface area contributed by atoms with Crippen LogP contribution in [0.25, 0.3) is 0 Å². The van der Waals surface area contributed by atoms with Crippen LogP contribution in [0.15, 0.2) is 23.2 Å². The molecule has 102 valence electrons. The van der Waals surface area contributed by atoms with E-state index in [0.29, 0.717) is 5.56 Å². The van der Waals surface area contributed by atoms with Crippen molar-refractivity contribution in [2.45, 2.75) is 6.36 Å². The van der Waals surface area contributed by atoms with E-state index in [-0.39, 0.29) is 18.2 Å². The predicted octanol–water partition coefficient (Wildman–Crippen LogP) is 1.90. The highest BCUT2D eigenvalue weighted by molar-refractivity contribution is 6.05. The van der Waals surface area contributed by atoms with Gasteiger partial charge >= 0.3 is 12.3 Å². The summed E-state index contributed by atoms with van der Waals surface area (Å²) in [6.45, 7) is -0.113. The molecule has 1 heterocycles. The summed E-state index contributed by atoms with van der Waals surface area (Å²) in [7, 11) is 1.20. The quantitative estimate of drug-likeness (QED) is 0.790. The minimum absolute atomic E-state index is 0.0434. The van der Waals surface area contributed by atoms with Crippen molar-refractivity contribution in [3.05, 3.63) is 23.8 Å². The second kappa shape index (κ2) is 4.79. The van der Waals surface area contributed by atoms with Gasteiger partial charge in [0.15, 0.2) is 11.5 Å². The molecule has 0 aromatic heterocycles. The molecule has 0 atom stereocenters. The van der Waals surface area contributed by atoms with Crippen molar-refractivity contribution >= 4 is 11.9 Å². The van der Waals surface area contributed by atoms with Gasteiger partial charge in [0.05, 0.1) is 7.11 Å². The largest absolute Gasteiger partial charge is 0.573 e. The summed E-state index contributed by atoms with van der Waals surface area (Å²) in [5.74, 6) is -1.10. The Morgan fingerprint density at radius 2 is 2.05 bits per heavy atom. The molecule has 0 aliphatic carbocycles. The zero-order valence-electron chi connectivity index (χ0n) is 9.65. The first kappa shape index (κ1) is 13.2. The van der Waals surface area contributed by atoms with Gasteiger partial charge in [-0.2, -0.15) is 0 Å². The molecule has 0 N–H and O–H groups in total. The zero-order valence-corrected chi connectivity index (χ0v) is 9.65. The molecule has 0 saturated carbocycles. The van der Waals surface area contributed by atoms with Gasteiger partial charge < -0.3 is 14.2 Å². The molecule has 0 fully saturated rings. The van der Waals surface area contributed by atoms with Crippen LogP contribution in [0.2, 0.25) is 0 Å². The Morgan fingerprint density at radius 3 is 2.58 bits per heavy atom. The van der Waals surface area contributed by atoms with Crippen LogP contribution in [0.4, 0.5) is 13.2 Å². The second-order valence-electron chi connectivity index (χ2n) is 3.51. The first-order valence-corrected chi connectivity index (χ1v) is 5.08. The van der Waals surface area contributed by atoms with Crippen LogP contribution in [-0.4, -0.2) is 31.9 Å². The number of carbonyl (C=O) groups is 1. The lowest BCUT2D eigenvalue weighted by Crippen LogP contribution is -2.17. The molecular formula is C11H8F3NO4. The molecule has 0 radical (unpaired) electrons. The predicted molar refractivity (Wildman–Crippen MR) is 57.2 cm³/mol. The summed E-state index contributed by atoms with van der Waals surface area (Å²) >= 11 is 0. The van der Waals surface area contributed by atoms with Crippen molar-refractivity contribution in [3.8, 4) is 11.5 Å². The van der Waals surface area contributed by atoms with Gasteiger partial charge in [-0.15, -0.1) is 13.2 Å². The Hall–Kier alpha value is -2.25. The van der Waals surface area contributed by atoms with Crippen molar-refractivity contribution in [3.63, 3.8) is 0 Å². The van der Waals surface area contributed by atoms with Gasteiger partial charge in [0.1, 0.15) is 6.54 Å². The van der Waals surface area contributed by atoms with Crippen LogP contribution >= 0.6 is 0 Å². The number of ether oxygens (including phenoxy) is 3. The Labute approximate surface area is 105 Å². The number of halogens is 3. The lowest BCUT2D eigenvalue weighted by Gasteiger charge is -2.13. The third kappa shape index (κ3) is 3.15.